The molecule has 0 N–H and O–H groups in total. The minimum atomic E-state index is 1.07. The predicted molar refractivity (Wildman–Crippen MR) is 493 cm³/mol. The van der Waals surface area contributed by atoms with Crippen molar-refractivity contribution in [3.8, 4) is 77.9 Å². The summed E-state index contributed by atoms with van der Waals surface area (Å²) in [5, 5.41) is 9.57. The number of rotatable bonds is 19. The first kappa shape index (κ1) is 69.8. The molecule has 116 heavy (non-hydrogen) atoms. The Morgan fingerprint density at radius 2 is 0.241 bits per heavy atom. The van der Waals surface area contributed by atoms with Crippen LogP contribution in [0.2, 0.25) is 0 Å². The predicted octanol–water partition coefficient (Wildman–Crippen LogP) is 31.8. The van der Waals surface area contributed by atoms with Gasteiger partial charge in [-0.2, -0.15) is 0 Å². The van der Waals surface area contributed by atoms with Gasteiger partial charge >= 0.3 is 0 Å². The van der Waals surface area contributed by atoms with Gasteiger partial charge in [0.2, 0.25) is 0 Å². The third kappa shape index (κ3) is 14.3. The molecule has 4 heteroatoms. The third-order valence-electron chi connectivity index (χ3n) is 22.6. The Bertz CT molecular complexity index is 6870. The van der Waals surface area contributed by atoms with E-state index in [1.165, 1.54) is 71.1 Å². The molecule has 0 aromatic heterocycles. The third-order valence-corrected chi connectivity index (χ3v) is 22.6. The van der Waals surface area contributed by atoms with E-state index in [4.69, 9.17) is 0 Å². The van der Waals surface area contributed by atoms with Gasteiger partial charge in [-0.15, -0.1) is 0 Å². The van der Waals surface area contributed by atoms with Crippen LogP contribution in [0.3, 0.4) is 0 Å². The van der Waals surface area contributed by atoms with Crippen molar-refractivity contribution in [2.45, 2.75) is 0 Å². The first-order chi connectivity index (χ1) is 57.4. The van der Waals surface area contributed by atoms with Crippen molar-refractivity contribution in [2.75, 3.05) is 19.6 Å². The molecule has 0 heterocycles. The first-order valence-electron chi connectivity index (χ1n) is 39.7. The quantitative estimate of drug-likeness (QED) is 0.0800. The van der Waals surface area contributed by atoms with E-state index in [1.807, 2.05) is 0 Å². The number of anilines is 12. The minimum absolute atomic E-state index is 1.07. The van der Waals surface area contributed by atoms with Gasteiger partial charge in [0.1, 0.15) is 0 Å². The van der Waals surface area contributed by atoms with Crippen LogP contribution in [0.5, 0.6) is 0 Å². The molecule has 20 aromatic rings. The maximum absolute atomic E-state index is 2.38. The van der Waals surface area contributed by atoms with Crippen LogP contribution in [0.4, 0.5) is 68.2 Å². The number of benzene rings is 20. The van der Waals surface area contributed by atoms with Crippen molar-refractivity contribution >= 4 is 111 Å². The summed E-state index contributed by atoms with van der Waals surface area (Å²) >= 11 is 0. The molecule has 0 spiro atoms. The fraction of sp³-hybridized carbons (Fsp3) is 0. The van der Waals surface area contributed by atoms with Gasteiger partial charge in [0.05, 0.1) is 0 Å². The van der Waals surface area contributed by atoms with Crippen molar-refractivity contribution in [3.63, 3.8) is 0 Å². The maximum atomic E-state index is 2.38. The molecule has 0 aliphatic heterocycles. The molecule has 20 rings (SSSR count). The fourth-order valence-corrected chi connectivity index (χ4v) is 16.5. The fourth-order valence-electron chi connectivity index (χ4n) is 16.5. The van der Waals surface area contributed by atoms with E-state index in [0.29, 0.717) is 0 Å². The summed E-state index contributed by atoms with van der Waals surface area (Å²) < 4.78 is 0. The highest BCUT2D eigenvalue weighted by atomic mass is 15.2. The second-order valence-corrected chi connectivity index (χ2v) is 29.7. The van der Waals surface area contributed by atoms with Gasteiger partial charge in [-0.25, -0.2) is 0 Å². The summed E-state index contributed by atoms with van der Waals surface area (Å²) in [4.78, 5) is 9.46. The monoisotopic (exact) mass is 1480 g/mol. The van der Waals surface area contributed by atoms with Crippen molar-refractivity contribution in [1.82, 2.24) is 0 Å². The molecule has 0 unspecified atom stereocenters. The molecule has 0 saturated carbocycles. The molecule has 0 radical (unpaired) electrons. The summed E-state index contributed by atoms with van der Waals surface area (Å²) in [7, 11) is 0. The van der Waals surface area contributed by atoms with Gasteiger partial charge in [-0.3, -0.25) is 0 Å². The normalized spacial score (nSPS) is 11.3. The highest BCUT2D eigenvalue weighted by Crippen LogP contribution is 2.45. The van der Waals surface area contributed by atoms with Gasteiger partial charge in [0.15, 0.2) is 0 Å². The lowest BCUT2D eigenvalue weighted by Gasteiger charge is -2.27. The van der Waals surface area contributed by atoms with Crippen molar-refractivity contribution in [2.24, 2.45) is 0 Å². The van der Waals surface area contributed by atoms with E-state index in [1.54, 1.807) is 0 Å². The van der Waals surface area contributed by atoms with Gasteiger partial charge in [0.25, 0.3) is 0 Å². The zero-order valence-corrected chi connectivity index (χ0v) is 63.8. The Morgan fingerprint density at radius 3 is 0.509 bits per heavy atom. The molecule has 546 valence electrons. The molecule has 20 aromatic carbocycles. The zero-order chi connectivity index (χ0) is 77.1. The summed E-state index contributed by atoms with van der Waals surface area (Å²) in [5.41, 5.74) is 29.3. The average Bonchev–Trinajstić information content (AvgIpc) is 0.783. The second-order valence-electron chi connectivity index (χ2n) is 29.7. The highest BCUT2D eigenvalue weighted by molar-refractivity contribution is 5.96. The van der Waals surface area contributed by atoms with Crippen LogP contribution in [-0.4, -0.2) is 0 Å². The van der Waals surface area contributed by atoms with E-state index in [2.05, 4.69) is 493 Å². The minimum Gasteiger partial charge on any atom is -0.310 e. The Hall–Kier alpha value is -15.4. The van der Waals surface area contributed by atoms with Crippen molar-refractivity contribution < 1.29 is 0 Å². The summed E-state index contributed by atoms with van der Waals surface area (Å²) in [5.74, 6) is 0. The van der Waals surface area contributed by atoms with Crippen LogP contribution >= 0.6 is 0 Å². The van der Waals surface area contributed by atoms with Crippen LogP contribution in [0.25, 0.3) is 121 Å². The molecule has 0 bridgehead atoms. The Morgan fingerprint density at radius 1 is 0.0862 bits per heavy atom. The SMILES string of the molecule is c1ccc(-c2ccc(N(c3ccc(-c4ccc(N(c5ccc(-c6cccc(-c7ccc8cc(N(c9ccc(-c%10ccccc%10)cc9)c9ccc(-c%10ccc(N(c%11ccc(-c%12ccccc%12)cc%11)c%11ccc%12ccccc%12c%11)cc%10)cc9)ccc8c7)c6)cc5)c5ccc6ccccc6c5)cc4)cc3)c3ccc4ccccc4c3)cc2)cc1. The Labute approximate surface area is 677 Å². The number of nitrogens with zero attached hydrogens (tertiary/aromatic N) is 4. The molecule has 0 aliphatic rings. The maximum Gasteiger partial charge on any atom is 0.0468 e. The molecule has 0 fully saturated rings. The molecule has 0 saturated heterocycles. The van der Waals surface area contributed by atoms with Gasteiger partial charge in [-0.1, -0.05) is 315 Å². The smallest absolute Gasteiger partial charge is 0.0468 e. The van der Waals surface area contributed by atoms with E-state index in [-0.39, 0.29) is 0 Å². The first-order valence-corrected chi connectivity index (χ1v) is 39.7. The average molecular weight is 1480 g/mol. The van der Waals surface area contributed by atoms with E-state index in [9.17, 15) is 0 Å². The number of fused-ring (bicyclic) bond motifs is 4. The summed E-state index contributed by atoms with van der Waals surface area (Å²) in [6.07, 6.45) is 0. The van der Waals surface area contributed by atoms with Gasteiger partial charge in [-0.05, 0) is 279 Å². The number of hydrogen-bond donors (Lipinski definition) is 0. The lowest BCUT2D eigenvalue weighted by molar-refractivity contribution is 1.28. The van der Waals surface area contributed by atoms with Crippen LogP contribution in [0.1, 0.15) is 0 Å². The second kappa shape index (κ2) is 31.1. The highest BCUT2D eigenvalue weighted by Gasteiger charge is 2.21. The van der Waals surface area contributed by atoms with E-state index >= 15 is 0 Å². The molecular weight excluding hydrogens is 1400 g/mol. The molecular formula is C112H78N4. The van der Waals surface area contributed by atoms with Crippen LogP contribution in [0.15, 0.2) is 473 Å². The number of hydrogen-bond acceptors (Lipinski definition) is 4. The van der Waals surface area contributed by atoms with Crippen LogP contribution < -0.4 is 19.6 Å². The van der Waals surface area contributed by atoms with Crippen molar-refractivity contribution in [3.05, 3.63) is 473 Å². The summed E-state index contributed by atoms with van der Waals surface area (Å²) in [6.45, 7) is 0. The van der Waals surface area contributed by atoms with Gasteiger partial charge < -0.3 is 19.6 Å². The Balaban J connectivity index is 0.567. The zero-order valence-electron chi connectivity index (χ0n) is 63.8. The topological polar surface area (TPSA) is 13.0 Å². The van der Waals surface area contributed by atoms with Crippen LogP contribution in [0, 0.1) is 0 Å². The van der Waals surface area contributed by atoms with E-state index < -0.39 is 0 Å². The molecule has 4 nitrogen and oxygen atoms in total. The molecule has 0 atom stereocenters. The lowest BCUT2D eigenvalue weighted by atomic mass is 9.96. The molecule has 0 amide bonds. The van der Waals surface area contributed by atoms with Gasteiger partial charge in [0, 0.05) is 68.2 Å². The van der Waals surface area contributed by atoms with Crippen molar-refractivity contribution in [1.29, 1.82) is 0 Å². The molecule has 0 aliphatic carbocycles. The lowest BCUT2D eigenvalue weighted by Crippen LogP contribution is -2.10. The van der Waals surface area contributed by atoms with Crippen LogP contribution in [-0.2, 0) is 0 Å². The standard InChI is InChI=1S/C112H78N4/c1-4-17-79(18-5-1)85-33-53-101(54-34-85)113(109-69-49-82-23-10-13-26-95(82)75-109)104-59-39-88(40-60-104)90-43-63-106(64-44-90)115(111-71-51-84-25-12-15-28-97(84)77-111)108-67-47-92(48-68-108)93-29-16-30-94(73-93)98-31-32-100-78-112(72-52-99(100)74-98)116(103-57-37-87(38-58-103)81-21-8-3-9-22-81)107-65-45-91(46-66-107)89-41-61-105(62-42-89)114(110-70-50-83-24-11-14-27-96(83)76-110)102-55-35-86(36-56-102)80-19-6-2-7-20-80/h1-78H. The van der Waals surface area contributed by atoms with E-state index in [0.717, 1.165) is 118 Å². The summed E-state index contributed by atoms with van der Waals surface area (Å²) in [6, 6.07) is 172. The Kier molecular flexibility index (Phi) is 18.7. The largest absolute Gasteiger partial charge is 0.310 e.